The fourth-order valence-electron chi connectivity index (χ4n) is 4.08. The smallest absolute Gasteiger partial charge is 0.317 e. The first-order valence-electron chi connectivity index (χ1n) is 9.41. The Morgan fingerprint density at radius 2 is 2.04 bits per heavy atom. The molecule has 5 nitrogen and oxygen atoms in total. The molecule has 5 rings (SSSR count). The van der Waals surface area contributed by atoms with Crippen molar-refractivity contribution in [1.29, 1.82) is 0 Å². The van der Waals surface area contributed by atoms with Crippen LogP contribution in [0.1, 0.15) is 36.9 Å². The number of rotatable bonds is 2. The van der Waals surface area contributed by atoms with E-state index in [9.17, 15) is 0 Å². The standard InChI is InChI=1S/C20H24N5S/c1-12-9-24-11-17(13(2)14(3)19(24)22-12)18-8-15-10-25(23-20(15)26-18)16-4-6-21-7-5-16/h8-12,16,21H,4-7H2,1-3H3/q+1. The second-order valence-electron chi connectivity index (χ2n) is 7.50. The van der Waals surface area contributed by atoms with Gasteiger partial charge in [-0.2, -0.15) is 5.10 Å². The van der Waals surface area contributed by atoms with E-state index in [4.69, 9.17) is 10.1 Å². The number of fused-ring (bicyclic) bond motifs is 2. The minimum atomic E-state index is 0.249. The summed E-state index contributed by atoms with van der Waals surface area (Å²) in [4.78, 5) is 7.17. The van der Waals surface area contributed by atoms with Crippen LogP contribution in [0.2, 0.25) is 0 Å². The maximum atomic E-state index is 4.89. The lowest BCUT2D eigenvalue weighted by Gasteiger charge is -2.22. The van der Waals surface area contributed by atoms with Gasteiger partial charge in [0.25, 0.3) is 0 Å². The molecule has 0 aromatic carbocycles. The van der Waals surface area contributed by atoms with Crippen LogP contribution in [0, 0.1) is 20.1 Å². The van der Waals surface area contributed by atoms with Crippen molar-refractivity contribution < 1.29 is 4.24 Å². The van der Waals surface area contributed by atoms with Crippen LogP contribution < -0.4 is 15.0 Å². The summed E-state index contributed by atoms with van der Waals surface area (Å²) in [6.07, 6.45) is 8.98. The van der Waals surface area contributed by atoms with Crippen molar-refractivity contribution in [1.82, 2.24) is 15.1 Å². The third-order valence-corrected chi connectivity index (χ3v) is 6.75. The maximum Gasteiger partial charge on any atom is 0.325 e. The summed E-state index contributed by atoms with van der Waals surface area (Å²) in [5.41, 5.74) is 4.98. The Labute approximate surface area is 156 Å². The highest BCUT2D eigenvalue weighted by Gasteiger charge is 2.22. The quantitative estimate of drug-likeness (QED) is 0.709. The van der Waals surface area contributed by atoms with E-state index in [1.165, 1.54) is 39.8 Å². The van der Waals surface area contributed by atoms with Gasteiger partial charge in [0.2, 0.25) is 0 Å². The number of nitrogens with zero attached hydrogens (tertiary/aromatic N) is 4. The molecule has 0 amide bonds. The molecular weight excluding hydrogens is 342 g/mol. The van der Waals surface area contributed by atoms with Gasteiger partial charge in [-0.05, 0) is 58.3 Å². The fraction of sp³-hybridized carbons (Fsp3) is 0.450. The van der Waals surface area contributed by atoms with Crippen LogP contribution in [0.4, 0.5) is 0 Å². The summed E-state index contributed by atoms with van der Waals surface area (Å²) in [6, 6.07) is 3.09. The van der Waals surface area contributed by atoms with Gasteiger partial charge in [-0.1, -0.05) is 4.99 Å². The molecular formula is C20H24N5S+. The topological polar surface area (TPSA) is 48.1 Å². The minimum Gasteiger partial charge on any atom is -0.317 e. The van der Waals surface area contributed by atoms with Crippen LogP contribution in [0.3, 0.4) is 0 Å². The van der Waals surface area contributed by atoms with Crippen LogP contribution >= 0.6 is 11.3 Å². The number of aromatic nitrogens is 3. The zero-order valence-electron chi connectivity index (χ0n) is 15.5. The molecule has 6 heteroatoms. The molecule has 3 aromatic heterocycles. The molecule has 0 aliphatic carbocycles. The van der Waals surface area contributed by atoms with E-state index in [2.05, 4.69) is 59.7 Å². The molecule has 5 heterocycles. The molecule has 1 unspecified atom stereocenters. The summed E-state index contributed by atoms with van der Waals surface area (Å²) < 4.78 is 4.38. The summed E-state index contributed by atoms with van der Waals surface area (Å²) >= 11 is 1.80. The molecule has 134 valence electrons. The lowest BCUT2D eigenvalue weighted by Crippen LogP contribution is -2.37. The van der Waals surface area contributed by atoms with E-state index in [1.807, 2.05) is 0 Å². The molecule has 26 heavy (non-hydrogen) atoms. The van der Waals surface area contributed by atoms with Crippen molar-refractivity contribution >= 4 is 21.6 Å². The van der Waals surface area contributed by atoms with Crippen molar-refractivity contribution in [3.63, 3.8) is 0 Å². The molecule has 2 aliphatic rings. The molecule has 1 N–H and O–H groups in total. The lowest BCUT2D eigenvalue weighted by atomic mass is 10.1. The van der Waals surface area contributed by atoms with E-state index >= 15 is 0 Å². The number of hydrogen-bond donors (Lipinski definition) is 1. The first-order chi connectivity index (χ1) is 12.6. The molecule has 0 radical (unpaired) electrons. The first-order valence-corrected chi connectivity index (χ1v) is 10.2. The van der Waals surface area contributed by atoms with Crippen molar-refractivity contribution in [3.8, 4) is 10.4 Å². The molecule has 1 atom stereocenters. The average Bonchev–Trinajstić information content (AvgIpc) is 3.31. The molecule has 0 saturated carbocycles. The monoisotopic (exact) mass is 366 g/mol. The third kappa shape index (κ3) is 2.51. The average molecular weight is 367 g/mol. The predicted molar refractivity (Wildman–Crippen MR) is 104 cm³/mol. The van der Waals surface area contributed by atoms with Gasteiger partial charge < -0.3 is 5.32 Å². The normalized spacial score (nSPS) is 20.2. The predicted octanol–water partition coefficient (Wildman–Crippen LogP) is 2.63. The van der Waals surface area contributed by atoms with Gasteiger partial charge in [0.05, 0.1) is 6.04 Å². The molecule has 1 fully saturated rings. The van der Waals surface area contributed by atoms with Gasteiger partial charge in [-0.15, -0.1) is 11.3 Å². The van der Waals surface area contributed by atoms with Gasteiger partial charge in [0.15, 0.2) is 6.04 Å². The van der Waals surface area contributed by atoms with E-state index < -0.39 is 0 Å². The highest BCUT2D eigenvalue weighted by Crippen LogP contribution is 2.35. The molecule has 0 spiro atoms. The zero-order chi connectivity index (χ0) is 17.8. The van der Waals surface area contributed by atoms with E-state index in [0.29, 0.717) is 6.04 Å². The molecule has 2 aliphatic heterocycles. The van der Waals surface area contributed by atoms with Crippen LogP contribution in [-0.2, 0) is 0 Å². The lowest BCUT2D eigenvalue weighted by molar-refractivity contribution is -0.522. The zero-order valence-corrected chi connectivity index (χ0v) is 16.3. The van der Waals surface area contributed by atoms with Gasteiger partial charge in [0.1, 0.15) is 17.2 Å². The molecule has 0 bridgehead atoms. The number of pyridine rings is 1. The number of nitrogens with one attached hydrogen (secondary N) is 1. The maximum absolute atomic E-state index is 4.89. The Kier molecular flexibility index (Phi) is 3.72. The number of thiophene rings is 1. The van der Waals surface area contributed by atoms with Crippen molar-refractivity contribution in [2.75, 3.05) is 13.1 Å². The van der Waals surface area contributed by atoms with E-state index in [-0.39, 0.29) is 6.04 Å². The van der Waals surface area contributed by atoms with Gasteiger partial charge in [-0.25, -0.2) is 4.24 Å². The summed E-state index contributed by atoms with van der Waals surface area (Å²) in [5.74, 6) is 0. The van der Waals surface area contributed by atoms with E-state index in [1.54, 1.807) is 11.3 Å². The van der Waals surface area contributed by atoms with Gasteiger partial charge >= 0.3 is 5.49 Å². The van der Waals surface area contributed by atoms with E-state index in [0.717, 1.165) is 23.4 Å². The molecule has 3 aromatic rings. The second-order valence-corrected chi connectivity index (χ2v) is 8.53. The summed E-state index contributed by atoms with van der Waals surface area (Å²) in [6.45, 7) is 8.69. The van der Waals surface area contributed by atoms with Crippen LogP contribution in [0.5, 0.6) is 0 Å². The molecule has 1 saturated heterocycles. The number of piperidine rings is 1. The highest BCUT2D eigenvalue weighted by atomic mass is 32.1. The SMILES string of the molecule is Cc1c(-c2cc3cn(C4CCNCC4)nc3s2)c[n+]2c(c1C)=NC(C)C=2. The van der Waals surface area contributed by atoms with Crippen molar-refractivity contribution in [2.45, 2.75) is 45.7 Å². The van der Waals surface area contributed by atoms with Crippen molar-refractivity contribution in [2.24, 2.45) is 4.99 Å². The summed E-state index contributed by atoms with van der Waals surface area (Å²) in [7, 11) is 0. The Morgan fingerprint density at radius 3 is 2.81 bits per heavy atom. The Hall–Kier alpha value is -2.05. The largest absolute Gasteiger partial charge is 0.325 e. The van der Waals surface area contributed by atoms with Gasteiger partial charge in [-0.3, -0.25) is 4.68 Å². The Morgan fingerprint density at radius 1 is 1.23 bits per heavy atom. The summed E-state index contributed by atoms with van der Waals surface area (Å²) in [5, 5.41) is 9.58. The number of hydrogen-bond acceptors (Lipinski definition) is 4. The Bertz CT molecular complexity index is 1090. The van der Waals surface area contributed by atoms with Crippen LogP contribution in [0.15, 0.2) is 23.5 Å². The van der Waals surface area contributed by atoms with Crippen LogP contribution in [0.25, 0.3) is 20.7 Å². The first kappa shape index (κ1) is 16.1. The fourth-order valence-corrected chi connectivity index (χ4v) is 5.15. The van der Waals surface area contributed by atoms with Gasteiger partial charge in [0, 0.05) is 27.6 Å². The van der Waals surface area contributed by atoms with Crippen LogP contribution in [-0.4, -0.2) is 28.9 Å². The Balaban J connectivity index is 1.57. The minimum absolute atomic E-state index is 0.249. The third-order valence-electron chi connectivity index (χ3n) is 5.68. The highest BCUT2D eigenvalue weighted by molar-refractivity contribution is 7.21. The second kappa shape index (κ2) is 5.99. The van der Waals surface area contributed by atoms with Crippen molar-refractivity contribution in [3.05, 3.63) is 41.3 Å².